The number of anilines is 1. The lowest BCUT2D eigenvalue weighted by Crippen LogP contribution is -2.30. The number of hydrogen-bond acceptors (Lipinski definition) is 3. The Morgan fingerprint density at radius 3 is 2.39 bits per heavy atom. The van der Waals surface area contributed by atoms with Crippen molar-refractivity contribution in [3.8, 4) is 0 Å². The third kappa shape index (κ3) is 3.73. The molecule has 1 fully saturated rings. The quantitative estimate of drug-likeness (QED) is 0.871. The maximum atomic E-state index is 11.5. The van der Waals surface area contributed by atoms with Gasteiger partial charge in [0.25, 0.3) is 0 Å². The summed E-state index contributed by atoms with van der Waals surface area (Å²) in [5.41, 5.74) is 0.579. The molecule has 1 aliphatic carbocycles. The molecular formula is C12H16N2O3S. The second-order valence-electron chi connectivity index (χ2n) is 4.57. The minimum absolute atomic E-state index is 0.242. The van der Waals surface area contributed by atoms with Crippen LogP contribution in [0.1, 0.15) is 12.8 Å². The molecule has 98 valence electrons. The Kier molecular flexibility index (Phi) is 3.56. The Morgan fingerprint density at radius 2 is 1.89 bits per heavy atom. The third-order valence-electron chi connectivity index (χ3n) is 2.79. The number of carbonyl (C=O) groups is 1. The molecule has 0 heterocycles. The molecule has 0 aromatic heterocycles. The van der Waals surface area contributed by atoms with E-state index in [0.29, 0.717) is 18.2 Å². The molecule has 1 aliphatic rings. The van der Waals surface area contributed by atoms with Crippen LogP contribution in [0.15, 0.2) is 29.2 Å². The van der Waals surface area contributed by atoms with Crippen molar-refractivity contribution in [1.29, 1.82) is 0 Å². The molecule has 18 heavy (non-hydrogen) atoms. The Morgan fingerprint density at radius 1 is 1.28 bits per heavy atom. The number of amides is 2. The Hall–Kier alpha value is -1.56. The zero-order valence-corrected chi connectivity index (χ0v) is 11.0. The van der Waals surface area contributed by atoms with Crippen LogP contribution in [0, 0.1) is 5.92 Å². The molecule has 0 spiro atoms. The standard InChI is InChI=1S/C12H16N2O3S/c1-18(16,17)11-6-4-10(5-7-11)14-12(15)13-8-9-2-3-9/h4-7,9H,2-3,8H2,1H3,(H2,13,14,15). The molecule has 0 atom stereocenters. The smallest absolute Gasteiger partial charge is 0.319 e. The van der Waals surface area contributed by atoms with E-state index in [1.807, 2.05) is 0 Å². The SMILES string of the molecule is CS(=O)(=O)c1ccc(NC(=O)NCC2CC2)cc1. The summed E-state index contributed by atoms with van der Waals surface area (Å²) in [4.78, 5) is 11.7. The van der Waals surface area contributed by atoms with Crippen molar-refractivity contribution in [3.05, 3.63) is 24.3 Å². The van der Waals surface area contributed by atoms with E-state index in [1.165, 1.54) is 25.0 Å². The highest BCUT2D eigenvalue weighted by molar-refractivity contribution is 7.90. The Labute approximate surface area is 107 Å². The average molecular weight is 268 g/mol. The van der Waals surface area contributed by atoms with Crippen molar-refractivity contribution < 1.29 is 13.2 Å². The largest absolute Gasteiger partial charge is 0.338 e. The van der Waals surface area contributed by atoms with Crippen LogP contribution in [0.4, 0.5) is 10.5 Å². The lowest BCUT2D eigenvalue weighted by molar-refractivity contribution is 0.251. The zero-order valence-electron chi connectivity index (χ0n) is 10.1. The van der Waals surface area contributed by atoms with Gasteiger partial charge in [0, 0.05) is 18.5 Å². The summed E-state index contributed by atoms with van der Waals surface area (Å²) in [5.74, 6) is 0.628. The fraction of sp³-hybridized carbons (Fsp3) is 0.417. The van der Waals surface area contributed by atoms with Gasteiger partial charge < -0.3 is 10.6 Å². The van der Waals surface area contributed by atoms with Gasteiger partial charge in [-0.3, -0.25) is 0 Å². The number of sulfone groups is 1. The molecule has 2 rings (SSSR count). The van der Waals surface area contributed by atoms with Crippen molar-refractivity contribution in [3.63, 3.8) is 0 Å². The molecule has 1 aromatic rings. The Bertz CT molecular complexity index is 533. The van der Waals surface area contributed by atoms with E-state index in [-0.39, 0.29) is 10.9 Å². The van der Waals surface area contributed by atoms with Crippen LogP contribution in [0.25, 0.3) is 0 Å². The number of carbonyl (C=O) groups excluding carboxylic acids is 1. The van der Waals surface area contributed by atoms with Gasteiger partial charge in [-0.1, -0.05) is 0 Å². The number of urea groups is 1. The highest BCUT2D eigenvalue weighted by atomic mass is 32.2. The molecular weight excluding hydrogens is 252 g/mol. The van der Waals surface area contributed by atoms with Gasteiger partial charge in [-0.05, 0) is 43.0 Å². The first-order valence-corrected chi connectivity index (χ1v) is 7.69. The summed E-state index contributed by atoms with van der Waals surface area (Å²) < 4.78 is 22.5. The van der Waals surface area contributed by atoms with E-state index >= 15 is 0 Å². The van der Waals surface area contributed by atoms with Gasteiger partial charge in [-0.2, -0.15) is 0 Å². The molecule has 0 aliphatic heterocycles. The summed E-state index contributed by atoms with van der Waals surface area (Å²) in [5, 5.41) is 5.43. The molecule has 0 bridgehead atoms. The highest BCUT2D eigenvalue weighted by Gasteiger charge is 2.21. The van der Waals surface area contributed by atoms with Gasteiger partial charge in [0.1, 0.15) is 0 Å². The zero-order chi connectivity index (χ0) is 13.2. The van der Waals surface area contributed by atoms with E-state index in [0.717, 1.165) is 6.26 Å². The predicted molar refractivity (Wildman–Crippen MR) is 69.3 cm³/mol. The van der Waals surface area contributed by atoms with Crippen molar-refractivity contribution in [2.24, 2.45) is 5.92 Å². The lowest BCUT2D eigenvalue weighted by atomic mass is 10.3. The summed E-state index contributed by atoms with van der Waals surface area (Å²) in [6, 6.07) is 5.85. The van der Waals surface area contributed by atoms with Crippen LogP contribution in [0.2, 0.25) is 0 Å². The van der Waals surface area contributed by atoms with Crippen LogP contribution in [0.5, 0.6) is 0 Å². The summed E-state index contributed by atoms with van der Waals surface area (Å²) in [6.45, 7) is 0.702. The third-order valence-corrected chi connectivity index (χ3v) is 3.92. The van der Waals surface area contributed by atoms with Crippen LogP contribution < -0.4 is 10.6 Å². The van der Waals surface area contributed by atoms with Crippen molar-refractivity contribution in [2.75, 3.05) is 18.1 Å². The second kappa shape index (κ2) is 4.97. The fourth-order valence-corrected chi connectivity index (χ4v) is 2.15. The summed E-state index contributed by atoms with van der Waals surface area (Å²) in [7, 11) is -3.19. The minimum Gasteiger partial charge on any atom is -0.338 e. The van der Waals surface area contributed by atoms with E-state index in [1.54, 1.807) is 12.1 Å². The van der Waals surface area contributed by atoms with Crippen molar-refractivity contribution >= 4 is 21.6 Å². The van der Waals surface area contributed by atoms with Gasteiger partial charge in [0.15, 0.2) is 9.84 Å². The molecule has 0 radical (unpaired) electrons. The summed E-state index contributed by atoms with van der Waals surface area (Å²) >= 11 is 0. The maximum Gasteiger partial charge on any atom is 0.319 e. The predicted octanol–water partition coefficient (Wildman–Crippen LogP) is 1.62. The van der Waals surface area contributed by atoms with Gasteiger partial charge in [0.05, 0.1) is 4.90 Å². The topological polar surface area (TPSA) is 75.3 Å². The van der Waals surface area contributed by atoms with Gasteiger partial charge in [-0.25, -0.2) is 13.2 Å². The molecule has 0 saturated heterocycles. The maximum absolute atomic E-state index is 11.5. The minimum atomic E-state index is -3.19. The first-order valence-electron chi connectivity index (χ1n) is 5.80. The van der Waals surface area contributed by atoms with Crippen molar-refractivity contribution in [2.45, 2.75) is 17.7 Å². The van der Waals surface area contributed by atoms with Crippen LogP contribution >= 0.6 is 0 Å². The van der Waals surface area contributed by atoms with Gasteiger partial charge in [0.2, 0.25) is 0 Å². The average Bonchev–Trinajstić information content (AvgIpc) is 3.09. The summed E-state index contributed by atoms with van der Waals surface area (Å²) in [6.07, 6.45) is 3.52. The molecule has 2 amide bonds. The van der Waals surface area contributed by atoms with Gasteiger partial charge >= 0.3 is 6.03 Å². The molecule has 1 aromatic carbocycles. The second-order valence-corrected chi connectivity index (χ2v) is 6.59. The normalized spacial score (nSPS) is 15.2. The first-order chi connectivity index (χ1) is 8.45. The molecule has 5 nitrogen and oxygen atoms in total. The van der Waals surface area contributed by atoms with Crippen LogP contribution in [-0.4, -0.2) is 27.2 Å². The van der Waals surface area contributed by atoms with Gasteiger partial charge in [-0.15, -0.1) is 0 Å². The van der Waals surface area contributed by atoms with E-state index in [2.05, 4.69) is 10.6 Å². The monoisotopic (exact) mass is 268 g/mol. The lowest BCUT2D eigenvalue weighted by Gasteiger charge is -2.07. The Balaban J connectivity index is 1.90. The number of benzene rings is 1. The number of hydrogen-bond donors (Lipinski definition) is 2. The molecule has 1 saturated carbocycles. The van der Waals surface area contributed by atoms with E-state index in [4.69, 9.17) is 0 Å². The number of rotatable bonds is 4. The fourth-order valence-electron chi connectivity index (χ4n) is 1.52. The number of nitrogens with one attached hydrogen (secondary N) is 2. The first kappa shape index (κ1) is 12.9. The molecule has 2 N–H and O–H groups in total. The molecule has 0 unspecified atom stereocenters. The highest BCUT2D eigenvalue weighted by Crippen LogP contribution is 2.27. The van der Waals surface area contributed by atoms with Crippen molar-refractivity contribution in [1.82, 2.24) is 5.32 Å². The molecule has 6 heteroatoms. The van der Waals surface area contributed by atoms with E-state index < -0.39 is 9.84 Å². The van der Waals surface area contributed by atoms with E-state index in [9.17, 15) is 13.2 Å². The van der Waals surface area contributed by atoms with Crippen LogP contribution in [-0.2, 0) is 9.84 Å². The van der Waals surface area contributed by atoms with Crippen LogP contribution in [0.3, 0.4) is 0 Å².